The summed E-state index contributed by atoms with van der Waals surface area (Å²) >= 11 is 1.61. The maximum absolute atomic E-state index is 11.0. The molecule has 4 nitrogen and oxygen atoms in total. The van der Waals surface area contributed by atoms with Crippen molar-refractivity contribution in [1.82, 2.24) is 0 Å². The topological polar surface area (TPSA) is 75.4 Å². The smallest absolute Gasteiger partial charge is 0.337 e. The first-order valence-corrected chi connectivity index (χ1v) is 5.94. The van der Waals surface area contributed by atoms with Crippen molar-refractivity contribution in [3.63, 3.8) is 0 Å². The molecule has 88 valence electrons. The Balaban J connectivity index is 2.22. The SMILES string of the molecule is Nc1cccc(C(=O)O)c1NCc1cccs1. The van der Waals surface area contributed by atoms with Gasteiger partial charge < -0.3 is 16.2 Å². The predicted octanol–water partition coefficient (Wildman–Crippen LogP) is 2.64. The highest BCUT2D eigenvalue weighted by molar-refractivity contribution is 7.09. The van der Waals surface area contributed by atoms with Gasteiger partial charge in [-0.15, -0.1) is 11.3 Å². The number of carboxylic acids is 1. The molecule has 0 aliphatic heterocycles. The third kappa shape index (κ3) is 2.57. The molecule has 1 aromatic carbocycles. The van der Waals surface area contributed by atoms with E-state index in [-0.39, 0.29) is 5.56 Å². The minimum atomic E-state index is -0.981. The zero-order valence-corrected chi connectivity index (χ0v) is 9.83. The van der Waals surface area contributed by atoms with Crippen molar-refractivity contribution >= 4 is 28.7 Å². The molecule has 0 radical (unpaired) electrons. The molecule has 5 heteroatoms. The number of para-hydroxylation sites is 1. The molecule has 0 fully saturated rings. The predicted molar refractivity (Wildman–Crippen MR) is 69.5 cm³/mol. The summed E-state index contributed by atoms with van der Waals surface area (Å²) in [6, 6.07) is 8.79. The highest BCUT2D eigenvalue weighted by atomic mass is 32.1. The summed E-state index contributed by atoms with van der Waals surface area (Å²) in [4.78, 5) is 12.2. The van der Waals surface area contributed by atoms with Crippen LogP contribution in [0, 0.1) is 0 Å². The fourth-order valence-corrected chi connectivity index (χ4v) is 2.18. The van der Waals surface area contributed by atoms with Gasteiger partial charge in [-0.3, -0.25) is 0 Å². The number of nitrogens with two attached hydrogens (primary N) is 1. The minimum Gasteiger partial charge on any atom is -0.478 e. The van der Waals surface area contributed by atoms with Crippen molar-refractivity contribution in [3.05, 3.63) is 46.2 Å². The maximum atomic E-state index is 11.0. The van der Waals surface area contributed by atoms with Crippen molar-refractivity contribution in [2.75, 3.05) is 11.1 Å². The largest absolute Gasteiger partial charge is 0.478 e. The molecule has 0 spiro atoms. The van der Waals surface area contributed by atoms with Crippen molar-refractivity contribution in [2.45, 2.75) is 6.54 Å². The molecule has 0 saturated carbocycles. The summed E-state index contributed by atoms with van der Waals surface area (Å²) in [5.74, 6) is -0.981. The van der Waals surface area contributed by atoms with Crippen molar-refractivity contribution in [1.29, 1.82) is 0 Å². The Bertz CT molecular complexity index is 523. The third-order valence-corrected chi connectivity index (χ3v) is 3.22. The van der Waals surface area contributed by atoms with E-state index in [2.05, 4.69) is 5.32 Å². The van der Waals surface area contributed by atoms with Gasteiger partial charge in [0.05, 0.1) is 16.9 Å². The highest BCUT2D eigenvalue weighted by Crippen LogP contribution is 2.24. The van der Waals surface area contributed by atoms with E-state index in [0.29, 0.717) is 17.9 Å². The molecule has 2 rings (SSSR count). The van der Waals surface area contributed by atoms with Gasteiger partial charge in [0.25, 0.3) is 0 Å². The van der Waals surface area contributed by atoms with Gasteiger partial charge in [0.1, 0.15) is 0 Å². The summed E-state index contributed by atoms with van der Waals surface area (Å²) in [5, 5.41) is 14.1. The first-order valence-electron chi connectivity index (χ1n) is 5.06. The zero-order chi connectivity index (χ0) is 12.3. The Morgan fingerprint density at radius 1 is 1.35 bits per heavy atom. The van der Waals surface area contributed by atoms with E-state index in [1.54, 1.807) is 23.5 Å². The highest BCUT2D eigenvalue weighted by Gasteiger charge is 2.12. The molecule has 0 bridgehead atoms. The summed E-state index contributed by atoms with van der Waals surface area (Å²) in [5.41, 5.74) is 6.90. The first-order chi connectivity index (χ1) is 8.18. The Morgan fingerprint density at radius 3 is 2.82 bits per heavy atom. The summed E-state index contributed by atoms with van der Waals surface area (Å²) < 4.78 is 0. The van der Waals surface area contributed by atoms with Crippen LogP contribution in [0.3, 0.4) is 0 Å². The van der Waals surface area contributed by atoms with E-state index in [1.807, 2.05) is 17.5 Å². The lowest BCUT2D eigenvalue weighted by molar-refractivity contribution is 0.0698. The number of carboxylic acid groups (broad SMARTS) is 1. The summed E-state index contributed by atoms with van der Waals surface area (Å²) in [6.07, 6.45) is 0. The van der Waals surface area contributed by atoms with Gasteiger partial charge in [0.15, 0.2) is 0 Å². The number of rotatable bonds is 4. The van der Waals surface area contributed by atoms with Crippen LogP contribution in [0.4, 0.5) is 11.4 Å². The standard InChI is InChI=1S/C12H12N2O2S/c13-10-5-1-4-9(12(15)16)11(10)14-7-8-3-2-6-17-8/h1-6,14H,7,13H2,(H,15,16). The lowest BCUT2D eigenvalue weighted by Crippen LogP contribution is -2.08. The molecule has 17 heavy (non-hydrogen) atoms. The van der Waals surface area contributed by atoms with Crippen LogP contribution in [0.1, 0.15) is 15.2 Å². The third-order valence-electron chi connectivity index (χ3n) is 2.35. The summed E-state index contributed by atoms with van der Waals surface area (Å²) in [7, 11) is 0. The molecule has 0 unspecified atom stereocenters. The minimum absolute atomic E-state index is 0.196. The number of hydrogen-bond acceptors (Lipinski definition) is 4. The number of anilines is 2. The monoisotopic (exact) mass is 248 g/mol. The zero-order valence-electron chi connectivity index (χ0n) is 9.01. The Hall–Kier alpha value is -2.01. The Labute approximate surface area is 103 Å². The van der Waals surface area contributed by atoms with Gasteiger partial charge >= 0.3 is 5.97 Å². The van der Waals surface area contributed by atoms with Crippen molar-refractivity contribution < 1.29 is 9.90 Å². The molecule has 2 aromatic rings. The molecular formula is C12H12N2O2S. The lowest BCUT2D eigenvalue weighted by Gasteiger charge is -2.11. The molecule has 0 aliphatic carbocycles. The van der Waals surface area contributed by atoms with Crippen LogP contribution >= 0.6 is 11.3 Å². The number of nitrogens with one attached hydrogen (secondary N) is 1. The van der Waals surface area contributed by atoms with Gasteiger partial charge in [-0.2, -0.15) is 0 Å². The van der Waals surface area contributed by atoms with Crippen LogP contribution in [-0.4, -0.2) is 11.1 Å². The molecule has 0 aliphatic rings. The molecule has 1 heterocycles. The number of hydrogen-bond donors (Lipinski definition) is 3. The lowest BCUT2D eigenvalue weighted by atomic mass is 10.1. The van der Waals surface area contributed by atoms with E-state index in [9.17, 15) is 4.79 Å². The van der Waals surface area contributed by atoms with Crippen LogP contribution in [0.5, 0.6) is 0 Å². The van der Waals surface area contributed by atoms with Crippen LogP contribution in [-0.2, 0) is 6.54 Å². The molecular weight excluding hydrogens is 236 g/mol. The molecule has 1 aromatic heterocycles. The second-order valence-electron chi connectivity index (χ2n) is 3.51. The number of thiophene rings is 1. The first kappa shape index (κ1) is 11.5. The quantitative estimate of drug-likeness (QED) is 0.727. The average Bonchev–Trinajstić information content (AvgIpc) is 2.80. The maximum Gasteiger partial charge on any atom is 0.337 e. The van der Waals surface area contributed by atoms with E-state index in [1.165, 1.54) is 6.07 Å². The van der Waals surface area contributed by atoms with Crippen LogP contribution in [0.25, 0.3) is 0 Å². The van der Waals surface area contributed by atoms with Gasteiger partial charge in [-0.05, 0) is 23.6 Å². The fraction of sp³-hybridized carbons (Fsp3) is 0.0833. The second kappa shape index (κ2) is 4.88. The van der Waals surface area contributed by atoms with Gasteiger partial charge in [0.2, 0.25) is 0 Å². The van der Waals surface area contributed by atoms with Crippen LogP contribution in [0.15, 0.2) is 35.7 Å². The van der Waals surface area contributed by atoms with Gasteiger partial charge in [-0.25, -0.2) is 4.79 Å². The number of benzene rings is 1. The summed E-state index contributed by atoms with van der Waals surface area (Å²) in [6.45, 7) is 0.576. The van der Waals surface area contributed by atoms with Crippen LogP contribution < -0.4 is 11.1 Å². The Kier molecular flexibility index (Phi) is 3.30. The van der Waals surface area contributed by atoms with Gasteiger partial charge in [-0.1, -0.05) is 12.1 Å². The van der Waals surface area contributed by atoms with E-state index in [0.717, 1.165) is 4.88 Å². The number of nitrogen functional groups attached to an aromatic ring is 1. The van der Waals surface area contributed by atoms with E-state index in [4.69, 9.17) is 10.8 Å². The molecule has 0 amide bonds. The normalized spacial score (nSPS) is 10.1. The fourth-order valence-electron chi connectivity index (χ4n) is 1.53. The molecule has 4 N–H and O–H groups in total. The van der Waals surface area contributed by atoms with Crippen LogP contribution in [0.2, 0.25) is 0 Å². The van der Waals surface area contributed by atoms with Crippen molar-refractivity contribution in [2.24, 2.45) is 0 Å². The average molecular weight is 248 g/mol. The van der Waals surface area contributed by atoms with Gasteiger partial charge in [0, 0.05) is 11.4 Å². The van der Waals surface area contributed by atoms with Crippen molar-refractivity contribution in [3.8, 4) is 0 Å². The number of carbonyl (C=O) groups is 1. The Morgan fingerprint density at radius 2 is 2.18 bits per heavy atom. The second-order valence-corrected chi connectivity index (χ2v) is 4.54. The van der Waals surface area contributed by atoms with E-state index < -0.39 is 5.97 Å². The molecule has 0 saturated heterocycles. The molecule has 0 atom stereocenters. The van der Waals surface area contributed by atoms with E-state index >= 15 is 0 Å². The number of aromatic carboxylic acids is 1.